The SMILES string of the molecule is Cc1cc(F)c(Br)cc1Nc1c(Cl)cc(N)cc1Cl. The van der Waals surface area contributed by atoms with Crippen LogP contribution in [0.15, 0.2) is 28.7 Å². The van der Waals surface area contributed by atoms with Crippen LogP contribution in [0.25, 0.3) is 0 Å². The minimum Gasteiger partial charge on any atom is -0.399 e. The van der Waals surface area contributed by atoms with Gasteiger partial charge in [-0.3, -0.25) is 0 Å². The average molecular weight is 364 g/mol. The van der Waals surface area contributed by atoms with Crippen LogP contribution in [-0.4, -0.2) is 0 Å². The van der Waals surface area contributed by atoms with Gasteiger partial charge in [0, 0.05) is 11.4 Å². The molecule has 2 aromatic rings. The summed E-state index contributed by atoms with van der Waals surface area (Å²) < 4.78 is 13.7. The molecule has 2 rings (SSSR count). The Bertz CT molecular complexity index is 624. The maximum Gasteiger partial charge on any atom is 0.137 e. The smallest absolute Gasteiger partial charge is 0.137 e. The predicted octanol–water partition coefficient (Wildman–Crippen LogP) is 5.53. The molecule has 0 amide bonds. The molecule has 0 aliphatic carbocycles. The molecule has 2 nitrogen and oxygen atoms in total. The molecule has 0 spiro atoms. The Hall–Kier alpha value is -0.970. The van der Waals surface area contributed by atoms with Gasteiger partial charge in [-0.05, 0) is 52.7 Å². The Morgan fingerprint density at radius 2 is 1.74 bits per heavy atom. The molecule has 0 unspecified atom stereocenters. The molecule has 0 radical (unpaired) electrons. The fourth-order valence-corrected chi connectivity index (χ4v) is 2.57. The molecule has 0 aromatic heterocycles. The lowest BCUT2D eigenvalue weighted by molar-refractivity contribution is 0.620. The molecule has 0 aliphatic heterocycles. The molecule has 6 heteroatoms. The molecule has 0 bridgehead atoms. The van der Waals surface area contributed by atoms with Crippen molar-refractivity contribution < 1.29 is 4.39 Å². The summed E-state index contributed by atoms with van der Waals surface area (Å²) in [6.07, 6.45) is 0. The topological polar surface area (TPSA) is 38.0 Å². The second kappa shape index (κ2) is 5.57. The third kappa shape index (κ3) is 3.14. The van der Waals surface area contributed by atoms with E-state index in [1.165, 1.54) is 6.07 Å². The van der Waals surface area contributed by atoms with E-state index in [1.807, 2.05) is 0 Å². The van der Waals surface area contributed by atoms with Gasteiger partial charge in [-0.1, -0.05) is 23.2 Å². The van der Waals surface area contributed by atoms with E-state index >= 15 is 0 Å². The van der Waals surface area contributed by atoms with Crippen LogP contribution in [0.5, 0.6) is 0 Å². The summed E-state index contributed by atoms with van der Waals surface area (Å²) in [5, 5.41) is 3.90. The van der Waals surface area contributed by atoms with Crippen molar-refractivity contribution in [3.8, 4) is 0 Å². The van der Waals surface area contributed by atoms with Gasteiger partial charge in [-0.2, -0.15) is 0 Å². The van der Waals surface area contributed by atoms with Crippen molar-refractivity contribution in [1.29, 1.82) is 0 Å². The third-order valence-electron chi connectivity index (χ3n) is 2.59. The maximum absolute atomic E-state index is 13.4. The standard InChI is InChI=1S/C13H10BrCl2FN2/c1-6-2-11(17)8(14)5-12(6)19-13-9(15)3-7(18)4-10(13)16/h2-5,19H,18H2,1H3. The summed E-state index contributed by atoms with van der Waals surface area (Å²) in [6, 6.07) is 6.26. The summed E-state index contributed by atoms with van der Waals surface area (Å²) in [7, 11) is 0. The van der Waals surface area contributed by atoms with Gasteiger partial charge in [0.05, 0.1) is 20.2 Å². The second-order valence-corrected chi connectivity index (χ2v) is 5.73. The first-order valence-electron chi connectivity index (χ1n) is 5.35. The number of nitrogens with two attached hydrogens (primary N) is 1. The predicted molar refractivity (Wildman–Crippen MR) is 83.0 cm³/mol. The minimum atomic E-state index is -0.322. The zero-order chi connectivity index (χ0) is 14.2. The van der Waals surface area contributed by atoms with E-state index in [-0.39, 0.29) is 5.82 Å². The van der Waals surface area contributed by atoms with E-state index in [1.54, 1.807) is 25.1 Å². The van der Waals surface area contributed by atoms with Crippen molar-refractivity contribution in [3.05, 3.63) is 50.2 Å². The number of nitrogens with one attached hydrogen (secondary N) is 1. The highest BCUT2D eigenvalue weighted by atomic mass is 79.9. The van der Waals surface area contributed by atoms with Gasteiger partial charge in [-0.25, -0.2) is 4.39 Å². The van der Waals surface area contributed by atoms with Crippen LogP contribution in [-0.2, 0) is 0 Å². The number of aryl methyl sites for hydroxylation is 1. The molecule has 0 atom stereocenters. The van der Waals surface area contributed by atoms with E-state index in [9.17, 15) is 4.39 Å². The second-order valence-electron chi connectivity index (χ2n) is 4.07. The molecule has 100 valence electrons. The van der Waals surface area contributed by atoms with E-state index < -0.39 is 0 Å². The van der Waals surface area contributed by atoms with Crippen molar-refractivity contribution >= 4 is 56.2 Å². The largest absolute Gasteiger partial charge is 0.399 e. The highest BCUT2D eigenvalue weighted by Gasteiger charge is 2.11. The van der Waals surface area contributed by atoms with E-state index in [2.05, 4.69) is 21.2 Å². The molecule has 19 heavy (non-hydrogen) atoms. The van der Waals surface area contributed by atoms with Crippen LogP contribution in [0.4, 0.5) is 21.5 Å². The quantitative estimate of drug-likeness (QED) is 0.688. The molecule has 2 aromatic carbocycles. The number of hydrogen-bond acceptors (Lipinski definition) is 2. The Labute approximate surface area is 128 Å². The molecular weight excluding hydrogens is 354 g/mol. The average Bonchev–Trinajstić information content (AvgIpc) is 2.29. The third-order valence-corrected chi connectivity index (χ3v) is 3.80. The first-order chi connectivity index (χ1) is 8.88. The van der Waals surface area contributed by atoms with Crippen LogP contribution in [0.1, 0.15) is 5.56 Å². The van der Waals surface area contributed by atoms with Crippen LogP contribution in [0, 0.1) is 12.7 Å². The molecule has 3 N–H and O–H groups in total. The van der Waals surface area contributed by atoms with Crippen molar-refractivity contribution in [2.75, 3.05) is 11.1 Å². The normalized spacial score (nSPS) is 10.6. The fourth-order valence-electron chi connectivity index (χ4n) is 1.63. The number of hydrogen-bond donors (Lipinski definition) is 2. The molecule has 0 saturated carbocycles. The van der Waals surface area contributed by atoms with Gasteiger partial charge < -0.3 is 11.1 Å². The minimum absolute atomic E-state index is 0.322. The van der Waals surface area contributed by atoms with E-state index in [0.717, 1.165) is 5.56 Å². The fraction of sp³-hybridized carbons (Fsp3) is 0.0769. The lowest BCUT2D eigenvalue weighted by Gasteiger charge is -2.14. The zero-order valence-electron chi connectivity index (χ0n) is 9.90. The number of halogens is 4. The van der Waals surface area contributed by atoms with Gasteiger partial charge in [0.25, 0.3) is 0 Å². The first-order valence-corrected chi connectivity index (χ1v) is 6.90. The Morgan fingerprint density at radius 1 is 1.16 bits per heavy atom. The first kappa shape index (κ1) is 14.4. The highest BCUT2D eigenvalue weighted by molar-refractivity contribution is 9.10. The summed E-state index contributed by atoms with van der Waals surface area (Å²) >= 11 is 15.3. The molecule has 0 aliphatic rings. The maximum atomic E-state index is 13.4. The van der Waals surface area contributed by atoms with Gasteiger partial charge in [0.15, 0.2) is 0 Å². The van der Waals surface area contributed by atoms with Crippen molar-refractivity contribution in [2.24, 2.45) is 0 Å². The summed E-state index contributed by atoms with van der Waals surface area (Å²) in [5.74, 6) is -0.322. The molecule has 0 heterocycles. The van der Waals surface area contributed by atoms with E-state index in [4.69, 9.17) is 28.9 Å². The summed E-state index contributed by atoms with van der Waals surface area (Å²) in [6.45, 7) is 1.79. The number of rotatable bonds is 2. The lowest BCUT2D eigenvalue weighted by atomic mass is 10.2. The van der Waals surface area contributed by atoms with Crippen molar-refractivity contribution in [1.82, 2.24) is 0 Å². The summed E-state index contributed by atoms with van der Waals surface area (Å²) in [4.78, 5) is 0. The van der Waals surface area contributed by atoms with E-state index in [0.29, 0.717) is 31.6 Å². The van der Waals surface area contributed by atoms with Crippen LogP contribution >= 0.6 is 39.1 Å². The monoisotopic (exact) mass is 362 g/mol. The van der Waals surface area contributed by atoms with Crippen LogP contribution in [0.3, 0.4) is 0 Å². The molecule has 0 saturated heterocycles. The van der Waals surface area contributed by atoms with Crippen LogP contribution in [0.2, 0.25) is 10.0 Å². The van der Waals surface area contributed by atoms with Crippen molar-refractivity contribution in [2.45, 2.75) is 6.92 Å². The Morgan fingerprint density at radius 3 is 2.32 bits per heavy atom. The Kier molecular flexibility index (Phi) is 4.23. The van der Waals surface area contributed by atoms with Gasteiger partial charge in [0.2, 0.25) is 0 Å². The number of nitrogen functional groups attached to an aromatic ring is 1. The van der Waals surface area contributed by atoms with Crippen LogP contribution < -0.4 is 11.1 Å². The number of anilines is 3. The molecule has 0 fully saturated rings. The molecular formula is C13H10BrCl2FN2. The number of benzene rings is 2. The van der Waals surface area contributed by atoms with Gasteiger partial charge >= 0.3 is 0 Å². The van der Waals surface area contributed by atoms with Gasteiger partial charge in [0.1, 0.15) is 5.82 Å². The van der Waals surface area contributed by atoms with Crippen molar-refractivity contribution in [3.63, 3.8) is 0 Å². The zero-order valence-corrected chi connectivity index (χ0v) is 13.0. The Balaban J connectivity index is 2.45. The summed E-state index contributed by atoms with van der Waals surface area (Å²) in [5.41, 5.74) is 8.12. The van der Waals surface area contributed by atoms with Gasteiger partial charge in [-0.15, -0.1) is 0 Å². The highest BCUT2D eigenvalue weighted by Crippen LogP contribution is 2.36. The lowest BCUT2D eigenvalue weighted by Crippen LogP contribution is -1.97.